The van der Waals surface area contributed by atoms with E-state index in [0.29, 0.717) is 30.0 Å². The van der Waals surface area contributed by atoms with Gasteiger partial charge in [0.15, 0.2) is 5.82 Å². The van der Waals surface area contributed by atoms with Crippen LogP contribution >= 0.6 is 0 Å². The third-order valence-electron chi connectivity index (χ3n) is 5.12. The van der Waals surface area contributed by atoms with E-state index in [2.05, 4.69) is 20.4 Å². The Morgan fingerprint density at radius 3 is 2.93 bits per heavy atom. The fourth-order valence-corrected chi connectivity index (χ4v) is 3.49. The molecular formula is C19H26FN5O2. The number of anilines is 1. The van der Waals surface area contributed by atoms with Gasteiger partial charge in [-0.15, -0.1) is 10.2 Å². The van der Waals surface area contributed by atoms with Crippen LogP contribution in [0.5, 0.6) is 0 Å². The lowest BCUT2D eigenvalue weighted by Gasteiger charge is -2.32. The number of rotatable bonds is 6. The van der Waals surface area contributed by atoms with Crippen molar-refractivity contribution in [1.29, 1.82) is 0 Å². The molecule has 0 bridgehead atoms. The van der Waals surface area contributed by atoms with Crippen LogP contribution in [0.15, 0.2) is 18.2 Å². The minimum absolute atomic E-state index is 0.124. The summed E-state index contributed by atoms with van der Waals surface area (Å²) in [6.07, 6.45) is 2.39. The van der Waals surface area contributed by atoms with E-state index in [9.17, 15) is 14.3 Å². The van der Waals surface area contributed by atoms with Crippen molar-refractivity contribution in [3.8, 4) is 0 Å². The summed E-state index contributed by atoms with van der Waals surface area (Å²) in [6.45, 7) is 3.95. The van der Waals surface area contributed by atoms with Crippen LogP contribution < -0.4 is 5.32 Å². The predicted octanol–water partition coefficient (Wildman–Crippen LogP) is 1.96. The highest BCUT2D eigenvalue weighted by atomic mass is 19.1. The van der Waals surface area contributed by atoms with Crippen molar-refractivity contribution >= 4 is 11.6 Å². The summed E-state index contributed by atoms with van der Waals surface area (Å²) in [6, 6.07) is 4.71. The SMILES string of the molecule is Cc1ccc(NC(=O)CCN2CCCC(c3nnc(CO)n3C)C2)cc1F. The summed E-state index contributed by atoms with van der Waals surface area (Å²) in [5.41, 5.74) is 1.04. The number of carbonyl (C=O) groups is 1. The second-order valence-corrected chi connectivity index (χ2v) is 7.09. The summed E-state index contributed by atoms with van der Waals surface area (Å²) >= 11 is 0. The summed E-state index contributed by atoms with van der Waals surface area (Å²) in [5, 5.41) is 20.3. The topological polar surface area (TPSA) is 83.3 Å². The lowest BCUT2D eigenvalue weighted by Crippen LogP contribution is -2.37. The highest BCUT2D eigenvalue weighted by Gasteiger charge is 2.26. The Morgan fingerprint density at radius 1 is 1.41 bits per heavy atom. The fraction of sp³-hybridized carbons (Fsp3) is 0.526. The maximum atomic E-state index is 13.6. The Hall–Kier alpha value is -2.32. The van der Waals surface area contributed by atoms with Gasteiger partial charge in [-0.2, -0.15) is 0 Å². The second-order valence-electron chi connectivity index (χ2n) is 7.09. The minimum atomic E-state index is -0.322. The van der Waals surface area contributed by atoms with Gasteiger partial charge in [-0.05, 0) is 44.0 Å². The third kappa shape index (κ3) is 4.70. The van der Waals surface area contributed by atoms with Crippen molar-refractivity contribution in [3.05, 3.63) is 41.2 Å². The Morgan fingerprint density at radius 2 is 2.22 bits per heavy atom. The zero-order valence-corrected chi connectivity index (χ0v) is 15.8. The van der Waals surface area contributed by atoms with Gasteiger partial charge in [0, 0.05) is 38.2 Å². The van der Waals surface area contributed by atoms with E-state index < -0.39 is 0 Å². The first-order valence-electron chi connectivity index (χ1n) is 9.25. The molecule has 1 fully saturated rings. The average molecular weight is 375 g/mol. The van der Waals surface area contributed by atoms with Gasteiger partial charge in [0.25, 0.3) is 0 Å². The van der Waals surface area contributed by atoms with Crippen LogP contribution in [0, 0.1) is 12.7 Å². The largest absolute Gasteiger partial charge is 0.388 e. The monoisotopic (exact) mass is 375 g/mol. The Kier molecular flexibility index (Phi) is 6.18. The molecule has 3 rings (SSSR count). The lowest BCUT2D eigenvalue weighted by molar-refractivity contribution is -0.116. The number of carbonyl (C=O) groups excluding carboxylic acids is 1. The zero-order valence-electron chi connectivity index (χ0n) is 15.8. The molecule has 0 saturated carbocycles. The van der Waals surface area contributed by atoms with Crippen LogP contribution in [0.25, 0.3) is 0 Å². The molecule has 0 radical (unpaired) electrons. The molecule has 1 aromatic carbocycles. The lowest BCUT2D eigenvalue weighted by atomic mass is 9.97. The molecule has 8 heteroatoms. The van der Waals surface area contributed by atoms with Crippen LogP contribution in [0.1, 0.15) is 42.4 Å². The molecule has 2 heterocycles. The summed E-state index contributed by atoms with van der Waals surface area (Å²) < 4.78 is 15.4. The van der Waals surface area contributed by atoms with Gasteiger partial charge in [0.1, 0.15) is 18.2 Å². The molecule has 27 heavy (non-hydrogen) atoms. The second kappa shape index (κ2) is 8.58. The van der Waals surface area contributed by atoms with Crippen LogP contribution in [-0.4, -0.2) is 50.3 Å². The first-order chi connectivity index (χ1) is 13.0. The maximum Gasteiger partial charge on any atom is 0.225 e. The number of halogens is 1. The quantitative estimate of drug-likeness (QED) is 0.807. The van der Waals surface area contributed by atoms with Gasteiger partial charge in [0.2, 0.25) is 5.91 Å². The molecule has 1 aromatic heterocycles. The summed E-state index contributed by atoms with van der Waals surface area (Å²) in [5.74, 6) is 1.24. The van der Waals surface area contributed by atoms with E-state index in [0.717, 1.165) is 31.8 Å². The standard InChI is InChI=1S/C19H26FN5O2/c1-13-5-6-15(10-16(13)20)21-18(27)7-9-25-8-3-4-14(11-25)19-23-22-17(12-26)24(19)2/h5-6,10,14,26H,3-4,7-9,11-12H2,1-2H3,(H,21,27). The van der Waals surface area contributed by atoms with Crippen molar-refractivity contribution < 1.29 is 14.3 Å². The molecule has 1 amide bonds. The highest BCUT2D eigenvalue weighted by molar-refractivity contribution is 5.90. The number of nitrogens with one attached hydrogen (secondary N) is 1. The molecule has 0 spiro atoms. The van der Waals surface area contributed by atoms with Crippen LogP contribution in [0.4, 0.5) is 10.1 Å². The minimum Gasteiger partial charge on any atom is -0.388 e. The number of hydrogen-bond donors (Lipinski definition) is 2. The molecule has 1 saturated heterocycles. The number of piperidine rings is 1. The first kappa shape index (κ1) is 19.4. The van der Waals surface area contributed by atoms with Crippen molar-refractivity contribution in [2.45, 2.75) is 38.7 Å². The number of hydrogen-bond acceptors (Lipinski definition) is 5. The van der Waals surface area contributed by atoms with E-state index in [-0.39, 0.29) is 24.2 Å². The number of nitrogens with zero attached hydrogens (tertiary/aromatic N) is 4. The van der Waals surface area contributed by atoms with Gasteiger partial charge in [-0.1, -0.05) is 6.07 Å². The highest BCUT2D eigenvalue weighted by Crippen LogP contribution is 2.26. The average Bonchev–Trinajstić information content (AvgIpc) is 3.04. The van der Waals surface area contributed by atoms with Gasteiger partial charge >= 0.3 is 0 Å². The van der Waals surface area contributed by atoms with Crippen LogP contribution in [-0.2, 0) is 18.4 Å². The number of aromatic nitrogens is 3. The molecule has 1 unspecified atom stereocenters. The first-order valence-corrected chi connectivity index (χ1v) is 9.25. The molecule has 0 aliphatic carbocycles. The maximum absolute atomic E-state index is 13.6. The molecule has 2 N–H and O–H groups in total. The zero-order chi connectivity index (χ0) is 19.4. The molecule has 1 atom stereocenters. The summed E-state index contributed by atoms with van der Waals surface area (Å²) in [7, 11) is 1.87. The van der Waals surface area contributed by atoms with Gasteiger partial charge in [-0.3, -0.25) is 4.79 Å². The molecule has 1 aliphatic heterocycles. The Labute approximate surface area is 158 Å². The molecule has 2 aromatic rings. The molecule has 7 nitrogen and oxygen atoms in total. The van der Waals surface area contributed by atoms with Crippen molar-refractivity contribution in [3.63, 3.8) is 0 Å². The number of likely N-dealkylation sites (tertiary alicyclic amines) is 1. The van der Waals surface area contributed by atoms with E-state index in [1.54, 1.807) is 19.1 Å². The molecule has 146 valence electrons. The number of benzene rings is 1. The Balaban J connectivity index is 1.52. The third-order valence-corrected chi connectivity index (χ3v) is 5.12. The number of aliphatic hydroxyl groups excluding tert-OH is 1. The van der Waals surface area contributed by atoms with E-state index in [1.807, 2.05) is 11.6 Å². The number of aliphatic hydroxyl groups is 1. The molecule has 1 aliphatic rings. The van der Waals surface area contributed by atoms with Crippen LogP contribution in [0.3, 0.4) is 0 Å². The van der Waals surface area contributed by atoms with E-state index >= 15 is 0 Å². The van der Waals surface area contributed by atoms with Gasteiger partial charge < -0.3 is 19.9 Å². The van der Waals surface area contributed by atoms with Crippen LogP contribution in [0.2, 0.25) is 0 Å². The van der Waals surface area contributed by atoms with Crippen molar-refractivity contribution in [2.24, 2.45) is 7.05 Å². The van der Waals surface area contributed by atoms with Crippen molar-refractivity contribution in [1.82, 2.24) is 19.7 Å². The normalized spacial score (nSPS) is 17.9. The van der Waals surface area contributed by atoms with Gasteiger partial charge in [-0.25, -0.2) is 4.39 Å². The van der Waals surface area contributed by atoms with E-state index in [4.69, 9.17) is 0 Å². The summed E-state index contributed by atoms with van der Waals surface area (Å²) in [4.78, 5) is 14.4. The number of aryl methyl sites for hydroxylation is 1. The van der Waals surface area contributed by atoms with E-state index in [1.165, 1.54) is 6.07 Å². The Bertz CT molecular complexity index is 807. The molecular weight excluding hydrogens is 349 g/mol. The van der Waals surface area contributed by atoms with Crippen molar-refractivity contribution in [2.75, 3.05) is 25.0 Å². The fourth-order valence-electron chi connectivity index (χ4n) is 3.49. The van der Waals surface area contributed by atoms with Gasteiger partial charge in [0.05, 0.1) is 0 Å². The predicted molar refractivity (Wildman–Crippen MR) is 99.7 cm³/mol. The smallest absolute Gasteiger partial charge is 0.225 e. The number of amides is 1.